The van der Waals surface area contributed by atoms with Crippen molar-refractivity contribution in [3.8, 4) is 0 Å². The predicted octanol–water partition coefficient (Wildman–Crippen LogP) is 2.13. The average molecular weight is 292 g/mol. The molecule has 21 heavy (non-hydrogen) atoms. The van der Waals surface area contributed by atoms with E-state index >= 15 is 0 Å². The predicted molar refractivity (Wildman–Crippen MR) is 85.9 cm³/mol. The Balaban J connectivity index is 2.67. The third kappa shape index (κ3) is 5.86. The van der Waals surface area contributed by atoms with E-state index in [-0.39, 0.29) is 11.9 Å². The van der Waals surface area contributed by atoms with Gasteiger partial charge in [-0.25, -0.2) is 0 Å². The molecule has 1 unspecified atom stereocenters. The molecule has 1 rings (SSSR count). The van der Waals surface area contributed by atoms with Gasteiger partial charge in [-0.1, -0.05) is 37.3 Å². The Hall–Kier alpha value is -1.39. The third-order valence-corrected chi connectivity index (χ3v) is 3.54. The van der Waals surface area contributed by atoms with Crippen LogP contribution in [0.15, 0.2) is 30.3 Å². The van der Waals surface area contributed by atoms with Crippen molar-refractivity contribution < 1.29 is 9.90 Å². The van der Waals surface area contributed by atoms with Crippen molar-refractivity contribution in [2.75, 3.05) is 20.1 Å². The molecule has 0 saturated carbocycles. The number of nitrogens with zero attached hydrogens (tertiary/aromatic N) is 2. The summed E-state index contributed by atoms with van der Waals surface area (Å²) in [7, 11) is 1.82. The van der Waals surface area contributed by atoms with Gasteiger partial charge in [-0.2, -0.15) is 0 Å². The average Bonchev–Trinajstić information content (AvgIpc) is 2.43. The Morgan fingerprint density at radius 3 is 2.33 bits per heavy atom. The van der Waals surface area contributed by atoms with Gasteiger partial charge in [0, 0.05) is 20.1 Å². The molecule has 1 amide bonds. The molecule has 1 N–H and O–H groups in total. The summed E-state index contributed by atoms with van der Waals surface area (Å²) in [6.07, 6.45) is 0. The number of hydrogen-bond donors (Lipinski definition) is 1. The van der Waals surface area contributed by atoms with Gasteiger partial charge in [0.1, 0.15) is 0 Å². The standard InChI is InChI=1S/C17H28N2O2/c1-6-19(13-17(3,4)21)14(2)16(20)18(5)12-15-10-8-7-9-11-15/h7-11,14,21H,6,12-13H2,1-5H3. The van der Waals surface area contributed by atoms with Crippen LogP contribution in [-0.2, 0) is 11.3 Å². The van der Waals surface area contributed by atoms with Crippen LogP contribution < -0.4 is 0 Å². The lowest BCUT2D eigenvalue weighted by Crippen LogP contribution is -2.50. The minimum Gasteiger partial charge on any atom is -0.389 e. The van der Waals surface area contributed by atoms with Crippen molar-refractivity contribution >= 4 is 5.91 Å². The Kier molecular flexibility index (Phi) is 6.37. The van der Waals surface area contributed by atoms with Crippen LogP contribution in [0.3, 0.4) is 0 Å². The van der Waals surface area contributed by atoms with Crippen molar-refractivity contribution in [3.05, 3.63) is 35.9 Å². The molecule has 0 spiro atoms. The van der Waals surface area contributed by atoms with Crippen LogP contribution in [0.2, 0.25) is 0 Å². The van der Waals surface area contributed by atoms with E-state index in [0.717, 1.165) is 12.1 Å². The highest BCUT2D eigenvalue weighted by molar-refractivity contribution is 5.81. The summed E-state index contributed by atoms with van der Waals surface area (Å²) >= 11 is 0. The summed E-state index contributed by atoms with van der Waals surface area (Å²) in [6, 6.07) is 9.71. The highest BCUT2D eigenvalue weighted by atomic mass is 16.3. The maximum atomic E-state index is 12.5. The number of carbonyl (C=O) groups excluding carboxylic acids is 1. The van der Waals surface area contributed by atoms with Gasteiger partial charge in [0.25, 0.3) is 0 Å². The van der Waals surface area contributed by atoms with E-state index in [1.165, 1.54) is 0 Å². The molecule has 0 radical (unpaired) electrons. The Labute approximate surface area is 128 Å². The van der Waals surface area contributed by atoms with Crippen molar-refractivity contribution in [2.45, 2.75) is 45.9 Å². The zero-order chi connectivity index (χ0) is 16.0. The van der Waals surface area contributed by atoms with Crippen LogP contribution in [-0.4, -0.2) is 52.6 Å². The lowest BCUT2D eigenvalue weighted by molar-refractivity contribution is -0.136. The smallest absolute Gasteiger partial charge is 0.239 e. The van der Waals surface area contributed by atoms with E-state index in [4.69, 9.17) is 0 Å². The first-order chi connectivity index (χ1) is 9.74. The molecule has 4 heteroatoms. The summed E-state index contributed by atoms with van der Waals surface area (Å²) in [4.78, 5) is 16.3. The molecule has 0 fully saturated rings. The lowest BCUT2D eigenvalue weighted by atomic mass is 10.1. The molecule has 118 valence electrons. The molecule has 1 atom stereocenters. The summed E-state index contributed by atoms with van der Waals surface area (Å²) in [5, 5.41) is 9.96. The van der Waals surface area contributed by atoms with E-state index < -0.39 is 5.60 Å². The normalized spacial score (nSPS) is 13.3. The number of benzene rings is 1. The first kappa shape index (κ1) is 17.7. The second-order valence-electron chi connectivity index (χ2n) is 6.23. The molecule has 4 nitrogen and oxygen atoms in total. The highest BCUT2D eigenvalue weighted by Gasteiger charge is 2.27. The third-order valence-electron chi connectivity index (χ3n) is 3.54. The molecule has 0 bridgehead atoms. The van der Waals surface area contributed by atoms with Crippen LogP contribution in [0.4, 0.5) is 0 Å². The zero-order valence-electron chi connectivity index (χ0n) is 13.8. The molecule has 0 saturated heterocycles. The molecule has 1 aromatic rings. The Bertz CT molecular complexity index is 440. The first-order valence-corrected chi connectivity index (χ1v) is 7.50. The van der Waals surface area contributed by atoms with Crippen molar-refractivity contribution in [3.63, 3.8) is 0 Å². The van der Waals surface area contributed by atoms with Gasteiger partial charge >= 0.3 is 0 Å². The Morgan fingerprint density at radius 1 is 1.29 bits per heavy atom. The molecule has 0 aliphatic carbocycles. The van der Waals surface area contributed by atoms with Crippen LogP contribution in [0.25, 0.3) is 0 Å². The van der Waals surface area contributed by atoms with Gasteiger partial charge in [0.15, 0.2) is 0 Å². The number of amides is 1. The molecule has 0 heterocycles. The Morgan fingerprint density at radius 2 is 1.86 bits per heavy atom. The van der Waals surface area contributed by atoms with Gasteiger partial charge in [0.05, 0.1) is 11.6 Å². The number of rotatable bonds is 7. The van der Waals surface area contributed by atoms with Gasteiger partial charge in [-0.3, -0.25) is 9.69 Å². The van der Waals surface area contributed by atoms with Gasteiger partial charge in [-0.15, -0.1) is 0 Å². The van der Waals surface area contributed by atoms with Crippen LogP contribution >= 0.6 is 0 Å². The molecular formula is C17H28N2O2. The second-order valence-corrected chi connectivity index (χ2v) is 6.23. The number of aliphatic hydroxyl groups is 1. The quantitative estimate of drug-likeness (QED) is 0.837. The van der Waals surface area contributed by atoms with Crippen molar-refractivity contribution in [2.24, 2.45) is 0 Å². The fourth-order valence-electron chi connectivity index (χ4n) is 2.43. The largest absolute Gasteiger partial charge is 0.389 e. The number of hydrogen-bond acceptors (Lipinski definition) is 3. The minimum atomic E-state index is -0.803. The number of carbonyl (C=O) groups is 1. The maximum absolute atomic E-state index is 12.5. The molecular weight excluding hydrogens is 264 g/mol. The van der Waals surface area contributed by atoms with Gasteiger partial charge < -0.3 is 10.0 Å². The van der Waals surface area contributed by atoms with Gasteiger partial charge in [-0.05, 0) is 32.9 Å². The summed E-state index contributed by atoms with van der Waals surface area (Å²) in [5.41, 5.74) is 0.314. The summed E-state index contributed by atoms with van der Waals surface area (Å²) in [6.45, 7) is 9.25. The van der Waals surface area contributed by atoms with E-state index in [1.807, 2.05) is 56.1 Å². The number of likely N-dealkylation sites (N-methyl/N-ethyl adjacent to an activating group) is 2. The monoisotopic (exact) mass is 292 g/mol. The van der Waals surface area contributed by atoms with Crippen LogP contribution in [0.5, 0.6) is 0 Å². The molecule has 0 aliphatic heterocycles. The van der Waals surface area contributed by atoms with Crippen molar-refractivity contribution in [1.29, 1.82) is 0 Å². The van der Waals surface area contributed by atoms with E-state index in [0.29, 0.717) is 13.1 Å². The SMILES string of the molecule is CCN(CC(C)(C)O)C(C)C(=O)N(C)Cc1ccccc1. The molecule has 0 aliphatic rings. The first-order valence-electron chi connectivity index (χ1n) is 7.50. The van der Waals surface area contributed by atoms with E-state index in [1.54, 1.807) is 18.7 Å². The van der Waals surface area contributed by atoms with Gasteiger partial charge in [0.2, 0.25) is 5.91 Å². The summed E-state index contributed by atoms with van der Waals surface area (Å²) < 4.78 is 0. The highest BCUT2D eigenvalue weighted by Crippen LogP contribution is 2.11. The fourth-order valence-corrected chi connectivity index (χ4v) is 2.43. The van der Waals surface area contributed by atoms with E-state index in [2.05, 4.69) is 0 Å². The van der Waals surface area contributed by atoms with E-state index in [9.17, 15) is 9.90 Å². The fraction of sp³-hybridized carbons (Fsp3) is 0.588. The zero-order valence-corrected chi connectivity index (χ0v) is 13.8. The second kappa shape index (κ2) is 7.57. The summed E-state index contributed by atoms with van der Waals surface area (Å²) in [5.74, 6) is 0.0740. The molecule has 0 aromatic heterocycles. The topological polar surface area (TPSA) is 43.8 Å². The van der Waals surface area contributed by atoms with Crippen LogP contribution in [0.1, 0.15) is 33.3 Å². The minimum absolute atomic E-state index is 0.0740. The van der Waals surface area contributed by atoms with Crippen molar-refractivity contribution in [1.82, 2.24) is 9.80 Å². The lowest BCUT2D eigenvalue weighted by Gasteiger charge is -2.34. The van der Waals surface area contributed by atoms with Crippen LogP contribution in [0, 0.1) is 0 Å². The maximum Gasteiger partial charge on any atom is 0.239 e. The molecule has 1 aromatic carbocycles.